The van der Waals surface area contributed by atoms with Crippen molar-refractivity contribution in [2.45, 2.75) is 39.8 Å². The van der Waals surface area contributed by atoms with Crippen LogP contribution >= 0.6 is 15.9 Å². The molecular formula is C10H18BrN3. The molecule has 14 heavy (non-hydrogen) atoms. The lowest BCUT2D eigenvalue weighted by Gasteiger charge is -2.18. The van der Waals surface area contributed by atoms with E-state index in [0.717, 1.165) is 23.1 Å². The van der Waals surface area contributed by atoms with Crippen molar-refractivity contribution >= 4 is 15.9 Å². The molecule has 0 amide bonds. The van der Waals surface area contributed by atoms with Gasteiger partial charge in [-0.25, -0.2) is 0 Å². The largest absolute Gasteiger partial charge is 0.322 e. The maximum absolute atomic E-state index is 6.12. The van der Waals surface area contributed by atoms with E-state index in [-0.39, 0.29) is 6.04 Å². The maximum Gasteiger partial charge on any atom is 0.0696 e. The summed E-state index contributed by atoms with van der Waals surface area (Å²) in [6.45, 7) is 7.32. The van der Waals surface area contributed by atoms with Crippen molar-refractivity contribution in [1.82, 2.24) is 9.78 Å². The highest BCUT2D eigenvalue weighted by Crippen LogP contribution is 2.26. The Balaban J connectivity index is 2.97. The average Bonchev–Trinajstić information content (AvgIpc) is 2.47. The standard InChI is InChI=1S/C10H18BrN3/c1-4-5-14-10(8(11)6-13-14)9(12)7(2)3/h6-7,9H,4-5,12H2,1-3H3. The van der Waals surface area contributed by atoms with E-state index in [1.807, 2.05) is 10.9 Å². The van der Waals surface area contributed by atoms with Crippen molar-refractivity contribution in [1.29, 1.82) is 0 Å². The van der Waals surface area contributed by atoms with Crippen molar-refractivity contribution in [3.05, 3.63) is 16.4 Å². The lowest BCUT2D eigenvalue weighted by Crippen LogP contribution is -2.21. The smallest absolute Gasteiger partial charge is 0.0696 e. The molecule has 1 heterocycles. The summed E-state index contributed by atoms with van der Waals surface area (Å²) < 4.78 is 3.02. The first-order valence-electron chi connectivity index (χ1n) is 5.04. The third-order valence-corrected chi connectivity index (χ3v) is 2.91. The van der Waals surface area contributed by atoms with Crippen molar-refractivity contribution < 1.29 is 0 Å². The first-order valence-corrected chi connectivity index (χ1v) is 5.84. The van der Waals surface area contributed by atoms with Crippen LogP contribution in [0.5, 0.6) is 0 Å². The topological polar surface area (TPSA) is 43.8 Å². The number of hydrogen-bond donors (Lipinski definition) is 1. The Morgan fingerprint density at radius 2 is 2.21 bits per heavy atom. The Morgan fingerprint density at radius 3 is 2.71 bits per heavy atom. The van der Waals surface area contributed by atoms with Crippen molar-refractivity contribution in [2.75, 3.05) is 0 Å². The van der Waals surface area contributed by atoms with Gasteiger partial charge in [-0.15, -0.1) is 0 Å². The van der Waals surface area contributed by atoms with E-state index < -0.39 is 0 Å². The highest BCUT2D eigenvalue weighted by atomic mass is 79.9. The zero-order valence-electron chi connectivity index (χ0n) is 9.00. The summed E-state index contributed by atoms with van der Waals surface area (Å²) in [5.74, 6) is 0.429. The molecule has 0 aromatic carbocycles. The van der Waals surface area contributed by atoms with Gasteiger partial charge in [-0.2, -0.15) is 5.10 Å². The number of hydrogen-bond acceptors (Lipinski definition) is 2. The first kappa shape index (κ1) is 11.7. The average molecular weight is 260 g/mol. The number of aromatic nitrogens is 2. The summed E-state index contributed by atoms with van der Waals surface area (Å²) in [4.78, 5) is 0. The first-order chi connectivity index (χ1) is 6.57. The fourth-order valence-electron chi connectivity index (χ4n) is 1.41. The summed E-state index contributed by atoms with van der Waals surface area (Å²) in [5, 5.41) is 4.30. The van der Waals surface area contributed by atoms with Gasteiger partial charge in [0.1, 0.15) is 0 Å². The van der Waals surface area contributed by atoms with Crippen LogP contribution in [0.3, 0.4) is 0 Å². The normalized spacial score (nSPS) is 13.6. The molecule has 0 spiro atoms. The van der Waals surface area contributed by atoms with E-state index in [0.29, 0.717) is 5.92 Å². The van der Waals surface area contributed by atoms with E-state index in [1.165, 1.54) is 0 Å². The number of halogens is 1. The van der Waals surface area contributed by atoms with Gasteiger partial charge < -0.3 is 5.73 Å². The van der Waals surface area contributed by atoms with Crippen LogP contribution in [0.15, 0.2) is 10.7 Å². The third-order valence-electron chi connectivity index (χ3n) is 2.30. The Hall–Kier alpha value is -0.350. The monoisotopic (exact) mass is 259 g/mol. The number of rotatable bonds is 4. The van der Waals surface area contributed by atoms with Gasteiger partial charge in [0.05, 0.1) is 22.4 Å². The molecule has 1 unspecified atom stereocenters. The van der Waals surface area contributed by atoms with Crippen LogP contribution in [0.25, 0.3) is 0 Å². The zero-order chi connectivity index (χ0) is 10.7. The molecule has 3 nitrogen and oxygen atoms in total. The van der Waals surface area contributed by atoms with Crippen LogP contribution in [0.4, 0.5) is 0 Å². The minimum atomic E-state index is 0.0541. The minimum absolute atomic E-state index is 0.0541. The Bertz CT molecular complexity index is 294. The van der Waals surface area contributed by atoms with Crippen LogP contribution in [-0.2, 0) is 6.54 Å². The van der Waals surface area contributed by atoms with Gasteiger partial charge in [0.15, 0.2) is 0 Å². The number of nitrogens with two attached hydrogens (primary N) is 1. The molecule has 2 N–H and O–H groups in total. The molecule has 1 rings (SSSR count). The van der Waals surface area contributed by atoms with E-state index in [9.17, 15) is 0 Å². The quantitative estimate of drug-likeness (QED) is 0.904. The maximum atomic E-state index is 6.12. The fraction of sp³-hybridized carbons (Fsp3) is 0.700. The number of nitrogens with zero attached hydrogens (tertiary/aromatic N) is 2. The van der Waals surface area contributed by atoms with Gasteiger partial charge in [-0.3, -0.25) is 4.68 Å². The molecule has 1 aromatic rings. The molecule has 80 valence electrons. The molecule has 0 bridgehead atoms. The van der Waals surface area contributed by atoms with Gasteiger partial charge in [-0.1, -0.05) is 20.8 Å². The highest BCUT2D eigenvalue weighted by molar-refractivity contribution is 9.10. The fourth-order valence-corrected chi connectivity index (χ4v) is 1.97. The molecule has 0 aliphatic heterocycles. The molecule has 0 saturated heterocycles. The van der Waals surface area contributed by atoms with Crippen molar-refractivity contribution in [2.24, 2.45) is 11.7 Å². The second kappa shape index (κ2) is 4.94. The zero-order valence-corrected chi connectivity index (χ0v) is 10.6. The predicted molar refractivity (Wildman–Crippen MR) is 62.0 cm³/mol. The highest BCUT2D eigenvalue weighted by Gasteiger charge is 2.18. The summed E-state index contributed by atoms with van der Waals surface area (Å²) in [5.41, 5.74) is 7.24. The number of aryl methyl sites for hydroxylation is 1. The minimum Gasteiger partial charge on any atom is -0.322 e. The summed E-state index contributed by atoms with van der Waals surface area (Å²) in [6.07, 6.45) is 2.90. The lowest BCUT2D eigenvalue weighted by atomic mass is 10.0. The molecule has 1 atom stereocenters. The Labute approximate surface area is 93.8 Å². The Morgan fingerprint density at radius 1 is 1.57 bits per heavy atom. The van der Waals surface area contributed by atoms with Crippen LogP contribution in [-0.4, -0.2) is 9.78 Å². The molecule has 0 saturated carbocycles. The molecule has 0 aliphatic rings. The predicted octanol–water partition coefficient (Wildman–Crippen LogP) is 2.71. The van der Waals surface area contributed by atoms with Gasteiger partial charge in [0, 0.05) is 6.54 Å². The summed E-state index contributed by atoms with van der Waals surface area (Å²) in [6, 6.07) is 0.0541. The van der Waals surface area contributed by atoms with Gasteiger partial charge in [-0.05, 0) is 28.3 Å². The van der Waals surface area contributed by atoms with Crippen LogP contribution in [0.1, 0.15) is 38.9 Å². The third kappa shape index (κ3) is 2.36. The summed E-state index contributed by atoms with van der Waals surface area (Å²) >= 11 is 3.49. The van der Waals surface area contributed by atoms with E-state index in [2.05, 4.69) is 41.8 Å². The van der Waals surface area contributed by atoms with Gasteiger partial charge >= 0.3 is 0 Å². The molecule has 0 fully saturated rings. The second-order valence-corrected chi connectivity index (χ2v) is 4.73. The lowest BCUT2D eigenvalue weighted by molar-refractivity contribution is 0.456. The molecule has 4 heteroatoms. The molecule has 0 radical (unpaired) electrons. The van der Waals surface area contributed by atoms with Crippen LogP contribution in [0.2, 0.25) is 0 Å². The van der Waals surface area contributed by atoms with Gasteiger partial charge in [0.25, 0.3) is 0 Å². The summed E-state index contributed by atoms with van der Waals surface area (Å²) in [7, 11) is 0. The second-order valence-electron chi connectivity index (χ2n) is 3.87. The van der Waals surface area contributed by atoms with Crippen LogP contribution in [0, 0.1) is 5.92 Å². The molecular weight excluding hydrogens is 242 g/mol. The SMILES string of the molecule is CCCn1ncc(Br)c1C(N)C(C)C. The van der Waals surface area contributed by atoms with E-state index >= 15 is 0 Å². The van der Waals surface area contributed by atoms with Crippen molar-refractivity contribution in [3.63, 3.8) is 0 Å². The molecule has 0 aliphatic carbocycles. The van der Waals surface area contributed by atoms with E-state index in [4.69, 9.17) is 5.73 Å². The Kier molecular flexibility index (Phi) is 4.13. The van der Waals surface area contributed by atoms with Crippen molar-refractivity contribution in [3.8, 4) is 0 Å². The van der Waals surface area contributed by atoms with Gasteiger partial charge in [0.2, 0.25) is 0 Å². The van der Waals surface area contributed by atoms with Crippen LogP contribution < -0.4 is 5.73 Å². The molecule has 1 aromatic heterocycles. The van der Waals surface area contributed by atoms with E-state index in [1.54, 1.807) is 0 Å².